The van der Waals surface area contributed by atoms with Crippen LogP contribution < -0.4 is 24.4 Å². The van der Waals surface area contributed by atoms with E-state index in [0.29, 0.717) is 40.8 Å². The summed E-state index contributed by atoms with van der Waals surface area (Å²) in [4.78, 5) is 32.1. The molecule has 0 saturated heterocycles. The van der Waals surface area contributed by atoms with Crippen molar-refractivity contribution in [1.29, 1.82) is 0 Å². The first-order valence-electron chi connectivity index (χ1n) is 13.9. The Morgan fingerprint density at radius 1 is 1.02 bits per heavy atom. The molecular weight excluding hydrogens is 597 g/mol. The number of aromatic nitrogens is 1. The lowest BCUT2D eigenvalue weighted by Gasteiger charge is -2.25. The minimum atomic E-state index is -4.50. The molecule has 3 heterocycles. The molecule has 4 aromatic rings. The van der Waals surface area contributed by atoms with Gasteiger partial charge in [0.15, 0.2) is 16.3 Å². The Morgan fingerprint density at radius 2 is 1.77 bits per heavy atom. The van der Waals surface area contributed by atoms with Crippen LogP contribution in [0.2, 0.25) is 0 Å². The average molecular weight is 627 g/mol. The van der Waals surface area contributed by atoms with Crippen molar-refractivity contribution in [3.05, 3.63) is 102 Å². The number of nitrogens with zero attached hydrogens (tertiary/aromatic N) is 2. The molecule has 1 atom stereocenters. The Hall–Kier alpha value is -4.58. The summed E-state index contributed by atoms with van der Waals surface area (Å²) in [5.41, 5.74) is 0.218. The minimum absolute atomic E-state index is 0.132. The Morgan fingerprint density at radius 3 is 2.48 bits per heavy atom. The lowest BCUT2D eigenvalue weighted by Crippen LogP contribution is -2.40. The van der Waals surface area contributed by atoms with Gasteiger partial charge in [-0.1, -0.05) is 29.5 Å². The van der Waals surface area contributed by atoms with E-state index in [4.69, 9.17) is 18.6 Å². The Balaban J connectivity index is 1.62. The molecule has 44 heavy (non-hydrogen) atoms. The summed E-state index contributed by atoms with van der Waals surface area (Å²) in [6, 6.07) is 12.3. The summed E-state index contributed by atoms with van der Waals surface area (Å²) in [6.45, 7) is 8.00. The zero-order chi connectivity index (χ0) is 31.6. The third kappa shape index (κ3) is 6.07. The first kappa shape index (κ1) is 30.9. The maximum atomic E-state index is 13.9. The van der Waals surface area contributed by atoms with Crippen LogP contribution in [0.3, 0.4) is 0 Å². The number of halogens is 3. The van der Waals surface area contributed by atoms with Gasteiger partial charge in [-0.05, 0) is 69.7 Å². The molecule has 0 bridgehead atoms. The van der Waals surface area contributed by atoms with Gasteiger partial charge in [0.25, 0.3) is 5.56 Å². The van der Waals surface area contributed by atoms with Gasteiger partial charge in [0.05, 0.1) is 47.2 Å². The average Bonchev–Trinajstić information content (AvgIpc) is 3.57. The van der Waals surface area contributed by atoms with E-state index in [1.807, 2.05) is 13.8 Å². The molecule has 0 unspecified atom stereocenters. The van der Waals surface area contributed by atoms with Crippen LogP contribution >= 0.6 is 11.3 Å². The predicted molar refractivity (Wildman–Crippen MR) is 158 cm³/mol. The summed E-state index contributed by atoms with van der Waals surface area (Å²) < 4.78 is 64.0. The van der Waals surface area contributed by atoms with Gasteiger partial charge in [-0.15, -0.1) is 0 Å². The first-order chi connectivity index (χ1) is 21.0. The topological polar surface area (TPSA) is 92.3 Å². The first-order valence-corrected chi connectivity index (χ1v) is 14.7. The van der Waals surface area contributed by atoms with Crippen molar-refractivity contribution in [2.24, 2.45) is 4.99 Å². The molecule has 2 aromatic heterocycles. The molecule has 230 valence electrons. The fourth-order valence-corrected chi connectivity index (χ4v) is 5.93. The second-order valence-electron chi connectivity index (χ2n) is 9.66. The fourth-order valence-electron chi connectivity index (χ4n) is 4.91. The molecule has 1 aliphatic heterocycles. The van der Waals surface area contributed by atoms with Crippen molar-refractivity contribution in [2.75, 3.05) is 19.8 Å². The van der Waals surface area contributed by atoms with Crippen molar-refractivity contribution < 1.29 is 36.6 Å². The molecule has 0 N–H and O–H groups in total. The molecule has 0 spiro atoms. The lowest BCUT2D eigenvalue weighted by atomic mass is 9.95. The van der Waals surface area contributed by atoms with Gasteiger partial charge in [-0.3, -0.25) is 9.36 Å². The van der Waals surface area contributed by atoms with Crippen molar-refractivity contribution in [2.45, 2.75) is 39.9 Å². The van der Waals surface area contributed by atoms with Crippen LogP contribution in [0.25, 0.3) is 17.4 Å². The van der Waals surface area contributed by atoms with Crippen LogP contribution in [-0.2, 0) is 15.7 Å². The summed E-state index contributed by atoms with van der Waals surface area (Å²) in [7, 11) is 0. The molecule has 2 aromatic carbocycles. The van der Waals surface area contributed by atoms with Crippen molar-refractivity contribution in [3.8, 4) is 22.8 Å². The second kappa shape index (κ2) is 12.6. The number of carbonyl (C=O) groups is 1. The molecule has 0 saturated carbocycles. The summed E-state index contributed by atoms with van der Waals surface area (Å²) in [5, 5.41) is 0. The number of benzene rings is 2. The number of rotatable bonds is 9. The van der Waals surface area contributed by atoms with Gasteiger partial charge in [-0.25, -0.2) is 9.79 Å². The molecule has 8 nitrogen and oxygen atoms in total. The highest BCUT2D eigenvalue weighted by Crippen LogP contribution is 2.37. The van der Waals surface area contributed by atoms with Crippen LogP contribution in [0, 0.1) is 0 Å². The lowest BCUT2D eigenvalue weighted by molar-refractivity contribution is -0.139. The number of esters is 1. The van der Waals surface area contributed by atoms with E-state index in [9.17, 15) is 22.8 Å². The molecule has 1 aliphatic rings. The highest BCUT2D eigenvalue weighted by atomic mass is 32.1. The van der Waals surface area contributed by atoms with Crippen LogP contribution in [0.4, 0.5) is 13.2 Å². The third-order valence-corrected chi connectivity index (χ3v) is 7.76. The number of thiazole rings is 1. The summed E-state index contributed by atoms with van der Waals surface area (Å²) >= 11 is 1.10. The third-order valence-electron chi connectivity index (χ3n) is 6.77. The molecule has 5 rings (SSSR count). The number of carbonyl (C=O) groups excluding carboxylic acids is 1. The van der Waals surface area contributed by atoms with E-state index < -0.39 is 29.3 Å². The smallest absolute Gasteiger partial charge is 0.416 e. The predicted octanol–water partition coefficient (Wildman–Crippen LogP) is 5.87. The Bertz CT molecular complexity index is 1920. The molecule has 0 fully saturated rings. The van der Waals surface area contributed by atoms with Crippen molar-refractivity contribution in [1.82, 2.24) is 4.57 Å². The minimum Gasteiger partial charge on any atom is -0.490 e. The maximum absolute atomic E-state index is 13.9. The van der Waals surface area contributed by atoms with Gasteiger partial charge in [0.2, 0.25) is 0 Å². The summed E-state index contributed by atoms with van der Waals surface area (Å²) in [5.74, 6) is 0.867. The van der Waals surface area contributed by atoms with Gasteiger partial charge in [0, 0.05) is 11.6 Å². The van der Waals surface area contributed by atoms with E-state index in [-0.39, 0.29) is 33.8 Å². The molecule has 0 radical (unpaired) electrons. The van der Waals surface area contributed by atoms with Crippen LogP contribution in [0.1, 0.15) is 50.6 Å². The van der Waals surface area contributed by atoms with Crippen LogP contribution in [0.5, 0.6) is 11.5 Å². The van der Waals surface area contributed by atoms with Crippen molar-refractivity contribution >= 4 is 23.4 Å². The van der Waals surface area contributed by atoms with E-state index in [1.54, 1.807) is 44.2 Å². The Kier molecular flexibility index (Phi) is 8.82. The molecular formula is C32H29F3N2O6S. The second-order valence-corrected chi connectivity index (χ2v) is 10.7. The van der Waals surface area contributed by atoms with E-state index in [0.717, 1.165) is 23.5 Å². The van der Waals surface area contributed by atoms with Gasteiger partial charge in [0.1, 0.15) is 11.5 Å². The van der Waals surface area contributed by atoms with Gasteiger partial charge < -0.3 is 18.6 Å². The zero-order valence-electron chi connectivity index (χ0n) is 24.4. The number of furan rings is 1. The monoisotopic (exact) mass is 626 g/mol. The van der Waals surface area contributed by atoms with Gasteiger partial charge >= 0.3 is 12.1 Å². The van der Waals surface area contributed by atoms with E-state index in [1.165, 1.54) is 22.8 Å². The Labute approximate surface area is 254 Å². The summed E-state index contributed by atoms with van der Waals surface area (Å²) in [6.07, 6.45) is -2.99. The van der Waals surface area contributed by atoms with E-state index in [2.05, 4.69) is 4.99 Å². The SMILES string of the molecule is CCOC(=O)C1=C(C)N=c2s/c(=C\c3ccc(-c4cccc(C(F)(F)F)c4)o3)c(=O)n2[C@@H]1c1ccc(OCC)c(OCC)c1. The highest BCUT2D eigenvalue weighted by molar-refractivity contribution is 7.07. The number of alkyl halides is 3. The van der Waals surface area contributed by atoms with Crippen molar-refractivity contribution in [3.63, 3.8) is 0 Å². The van der Waals surface area contributed by atoms with Gasteiger partial charge in [-0.2, -0.15) is 13.2 Å². The number of allylic oxidation sites excluding steroid dienone is 1. The normalized spacial score (nSPS) is 15.2. The van der Waals surface area contributed by atoms with E-state index >= 15 is 0 Å². The standard InChI is InChI=1S/C32H29F3N2O6S/c1-5-40-24-13-11-20(16-25(24)41-6-2)28-27(30(39)42-7-3)18(4)36-31-37(28)29(38)26(44-31)17-22-12-14-23(43-22)19-9-8-10-21(15-19)32(33,34)35/h8-17,28H,5-7H2,1-4H3/b26-17-/t28-/m1/s1. The fraction of sp³-hybridized carbons (Fsp3) is 0.281. The largest absolute Gasteiger partial charge is 0.490 e. The zero-order valence-corrected chi connectivity index (χ0v) is 25.2. The number of ether oxygens (including phenoxy) is 3. The molecule has 12 heteroatoms. The van der Waals surface area contributed by atoms with Crippen LogP contribution in [-0.4, -0.2) is 30.4 Å². The quantitative estimate of drug-likeness (QED) is 0.216. The number of hydrogen-bond acceptors (Lipinski definition) is 8. The number of fused-ring (bicyclic) bond motifs is 1. The molecule has 0 amide bonds. The van der Waals surface area contributed by atoms with Crippen LogP contribution in [0.15, 0.2) is 80.1 Å². The highest BCUT2D eigenvalue weighted by Gasteiger charge is 2.34. The molecule has 0 aliphatic carbocycles. The number of hydrogen-bond donors (Lipinski definition) is 0. The maximum Gasteiger partial charge on any atom is 0.416 e.